The molecule has 0 amide bonds. The third-order valence-corrected chi connectivity index (χ3v) is 2.72. The summed E-state index contributed by atoms with van der Waals surface area (Å²) in [4.78, 5) is 23.8. The standard InChI is InChI=1S/C12H13ClO3S/c1-3-16-12(15)8-4-5-10(17)9(6-8)11(14)7(2)13/h4-7,17H,3H2,1-2H3. The molecule has 0 bridgehead atoms. The van der Waals surface area contributed by atoms with Crippen LogP contribution in [0.2, 0.25) is 0 Å². The van der Waals surface area contributed by atoms with E-state index in [4.69, 9.17) is 16.3 Å². The number of hydrogen-bond acceptors (Lipinski definition) is 4. The lowest BCUT2D eigenvalue weighted by atomic mass is 10.1. The number of alkyl halides is 1. The Morgan fingerprint density at radius 1 is 1.47 bits per heavy atom. The molecule has 0 fully saturated rings. The van der Waals surface area contributed by atoms with E-state index in [1.807, 2.05) is 0 Å². The Labute approximate surface area is 111 Å². The Hall–Kier alpha value is -1.00. The minimum absolute atomic E-state index is 0.261. The van der Waals surface area contributed by atoms with E-state index in [0.717, 1.165) is 0 Å². The van der Waals surface area contributed by atoms with Crippen molar-refractivity contribution in [3.63, 3.8) is 0 Å². The fraction of sp³-hybridized carbons (Fsp3) is 0.333. The van der Waals surface area contributed by atoms with Crippen molar-refractivity contribution in [2.24, 2.45) is 0 Å². The van der Waals surface area contributed by atoms with Crippen LogP contribution >= 0.6 is 24.2 Å². The second kappa shape index (κ2) is 6.07. The molecule has 5 heteroatoms. The molecule has 1 aromatic carbocycles. The summed E-state index contributed by atoms with van der Waals surface area (Å²) in [5.74, 6) is -0.722. The minimum Gasteiger partial charge on any atom is -0.462 e. The third kappa shape index (κ3) is 3.48. The zero-order chi connectivity index (χ0) is 13.0. The van der Waals surface area contributed by atoms with Gasteiger partial charge in [0.25, 0.3) is 0 Å². The number of rotatable bonds is 4. The Balaban J connectivity index is 3.10. The van der Waals surface area contributed by atoms with Gasteiger partial charge in [-0.15, -0.1) is 24.2 Å². The highest BCUT2D eigenvalue weighted by atomic mass is 35.5. The summed E-state index contributed by atoms with van der Waals surface area (Å²) in [6.07, 6.45) is 0. The number of esters is 1. The predicted molar refractivity (Wildman–Crippen MR) is 69.3 cm³/mol. The van der Waals surface area contributed by atoms with Crippen LogP contribution in [-0.4, -0.2) is 23.7 Å². The van der Waals surface area contributed by atoms with Gasteiger partial charge in [-0.2, -0.15) is 0 Å². The number of carbonyl (C=O) groups is 2. The van der Waals surface area contributed by atoms with Gasteiger partial charge in [0.15, 0.2) is 5.78 Å². The largest absolute Gasteiger partial charge is 0.462 e. The van der Waals surface area contributed by atoms with Gasteiger partial charge in [-0.3, -0.25) is 4.79 Å². The highest BCUT2D eigenvalue weighted by molar-refractivity contribution is 7.80. The molecule has 17 heavy (non-hydrogen) atoms. The van der Waals surface area contributed by atoms with Crippen LogP contribution in [0, 0.1) is 0 Å². The summed E-state index contributed by atoms with van der Waals surface area (Å²) < 4.78 is 4.85. The topological polar surface area (TPSA) is 43.4 Å². The van der Waals surface area contributed by atoms with Crippen molar-refractivity contribution < 1.29 is 14.3 Å². The molecule has 0 spiro atoms. The van der Waals surface area contributed by atoms with Gasteiger partial charge < -0.3 is 4.74 Å². The van der Waals surface area contributed by atoms with E-state index in [-0.39, 0.29) is 12.4 Å². The van der Waals surface area contributed by atoms with Crippen LogP contribution < -0.4 is 0 Å². The Morgan fingerprint density at radius 3 is 2.65 bits per heavy atom. The van der Waals surface area contributed by atoms with Crippen LogP contribution in [-0.2, 0) is 4.74 Å². The van der Waals surface area contributed by atoms with Crippen LogP contribution in [0.5, 0.6) is 0 Å². The molecule has 92 valence electrons. The summed E-state index contributed by atoms with van der Waals surface area (Å²) in [5.41, 5.74) is 0.659. The average molecular weight is 273 g/mol. The third-order valence-electron chi connectivity index (χ3n) is 2.13. The van der Waals surface area contributed by atoms with Crippen molar-refractivity contribution in [3.05, 3.63) is 29.3 Å². The van der Waals surface area contributed by atoms with Gasteiger partial charge in [0.2, 0.25) is 0 Å². The van der Waals surface area contributed by atoms with Crippen molar-refractivity contribution in [2.45, 2.75) is 24.1 Å². The Kier molecular flexibility index (Phi) is 5.02. The van der Waals surface area contributed by atoms with E-state index in [1.54, 1.807) is 26.0 Å². The molecule has 0 N–H and O–H groups in total. The average Bonchev–Trinajstić information content (AvgIpc) is 2.28. The molecular weight excluding hydrogens is 260 g/mol. The van der Waals surface area contributed by atoms with Crippen LogP contribution in [0.3, 0.4) is 0 Å². The van der Waals surface area contributed by atoms with Crippen LogP contribution in [0.1, 0.15) is 34.6 Å². The number of ether oxygens (including phenoxy) is 1. The molecule has 1 aromatic rings. The summed E-state index contributed by atoms with van der Waals surface area (Å²) >= 11 is 9.90. The minimum atomic E-state index is -0.654. The molecule has 0 radical (unpaired) electrons. The predicted octanol–water partition coefficient (Wildman–Crippen LogP) is 2.96. The molecule has 0 aromatic heterocycles. The van der Waals surface area contributed by atoms with Crippen LogP contribution in [0.25, 0.3) is 0 Å². The molecule has 3 nitrogen and oxygen atoms in total. The summed E-state index contributed by atoms with van der Waals surface area (Å²) in [6, 6.07) is 4.61. The summed E-state index contributed by atoms with van der Waals surface area (Å²) in [6.45, 7) is 3.59. The van der Waals surface area contributed by atoms with E-state index in [9.17, 15) is 9.59 Å². The van der Waals surface area contributed by atoms with Crippen LogP contribution in [0.15, 0.2) is 23.1 Å². The monoisotopic (exact) mass is 272 g/mol. The molecule has 1 unspecified atom stereocenters. The van der Waals surface area contributed by atoms with Crippen LogP contribution in [0.4, 0.5) is 0 Å². The van der Waals surface area contributed by atoms with Crippen molar-refractivity contribution in [1.29, 1.82) is 0 Å². The highest BCUT2D eigenvalue weighted by Crippen LogP contribution is 2.19. The van der Waals surface area contributed by atoms with E-state index in [0.29, 0.717) is 16.0 Å². The van der Waals surface area contributed by atoms with Crippen molar-refractivity contribution in [3.8, 4) is 0 Å². The number of halogens is 1. The Morgan fingerprint density at radius 2 is 2.12 bits per heavy atom. The number of ketones is 1. The molecule has 1 rings (SSSR count). The first-order valence-corrected chi connectivity index (χ1v) is 6.04. The first kappa shape index (κ1) is 14.1. The van der Waals surface area contributed by atoms with E-state index in [2.05, 4.69) is 12.6 Å². The van der Waals surface area contributed by atoms with Crippen molar-refractivity contribution >= 4 is 36.0 Å². The molecule has 0 saturated heterocycles. The van der Waals surface area contributed by atoms with Crippen molar-refractivity contribution in [1.82, 2.24) is 0 Å². The maximum atomic E-state index is 11.8. The number of carbonyl (C=O) groups excluding carboxylic acids is 2. The molecule has 0 aliphatic carbocycles. The zero-order valence-corrected chi connectivity index (χ0v) is 11.2. The van der Waals surface area contributed by atoms with Crippen molar-refractivity contribution in [2.75, 3.05) is 6.61 Å². The van der Waals surface area contributed by atoms with Gasteiger partial charge in [0.05, 0.1) is 17.5 Å². The van der Waals surface area contributed by atoms with Gasteiger partial charge in [0, 0.05) is 10.5 Å². The maximum absolute atomic E-state index is 11.8. The van der Waals surface area contributed by atoms with E-state index in [1.165, 1.54) is 6.07 Å². The Bertz CT molecular complexity index is 443. The highest BCUT2D eigenvalue weighted by Gasteiger charge is 2.17. The fourth-order valence-electron chi connectivity index (χ4n) is 1.29. The van der Waals surface area contributed by atoms with Gasteiger partial charge in [-0.1, -0.05) is 0 Å². The first-order valence-electron chi connectivity index (χ1n) is 5.15. The normalized spacial score (nSPS) is 12.0. The first-order chi connectivity index (χ1) is 7.97. The van der Waals surface area contributed by atoms with E-state index < -0.39 is 11.3 Å². The van der Waals surface area contributed by atoms with Gasteiger partial charge in [0.1, 0.15) is 0 Å². The van der Waals surface area contributed by atoms with Gasteiger partial charge >= 0.3 is 5.97 Å². The number of thiol groups is 1. The molecular formula is C12H13ClO3S. The number of benzene rings is 1. The molecule has 0 aliphatic rings. The van der Waals surface area contributed by atoms with E-state index >= 15 is 0 Å². The second-order valence-corrected chi connectivity index (χ2v) is 4.57. The number of Topliss-reactive ketones (excluding diaryl/α,β-unsaturated/α-hetero) is 1. The lowest BCUT2D eigenvalue weighted by Gasteiger charge is -2.08. The summed E-state index contributed by atoms with van der Waals surface area (Å²) in [5, 5.41) is -0.654. The zero-order valence-electron chi connectivity index (χ0n) is 9.57. The summed E-state index contributed by atoms with van der Waals surface area (Å²) in [7, 11) is 0. The SMILES string of the molecule is CCOC(=O)c1ccc(S)c(C(=O)C(C)Cl)c1. The smallest absolute Gasteiger partial charge is 0.338 e. The fourth-order valence-corrected chi connectivity index (χ4v) is 1.66. The quantitative estimate of drug-likeness (QED) is 0.397. The molecule has 0 saturated carbocycles. The number of hydrogen-bond donors (Lipinski definition) is 1. The lowest BCUT2D eigenvalue weighted by Crippen LogP contribution is -2.13. The molecule has 0 heterocycles. The lowest BCUT2D eigenvalue weighted by molar-refractivity contribution is 0.0526. The maximum Gasteiger partial charge on any atom is 0.338 e. The molecule has 1 atom stereocenters. The van der Waals surface area contributed by atoms with Gasteiger partial charge in [-0.05, 0) is 32.0 Å². The second-order valence-electron chi connectivity index (χ2n) is 3.43. The molecule has 0 aliphatic heterocycles. The van der Waals surface area contributed by atoms with Gasteiger partial charge in [-0.25, -0.2) is 4.79 Å².